The van der Waals surface area contributed by atoms with Crippen LogP contribution in [0, 0.1) is 0 Å². The van der Waals surface area contributed by atoms with Gasteiger partial charge in [-0.2, -0.15) is 0 Å². The lowest BCUT2D eigenvalue weighted by Crippen LogP contribution is -2.14. The summed E-state index contributed by atoms with van der Waals surface area (Å²) in [5.74, 6) is 0. The fourth-order valence-electron chi connectivity index (χ4n) is 1.28. The molecule has 0 radical (unpaired) electrons. The normalized spacial score (nSPS) is 12.3. The van der Waals surface area contributed by atoms with Crippen LogP contribution in [0.25, 0.3) is 0 Å². The average Bonchev–Trinajstić information content (AvgIpc) is 2.28. The Bertz CT molecular complexity index is 269. The van der Waals surface area contributed by atoms with Crippen molar-refractivity contribution in [1.82, 2.24) is 0 Å². The minimum Gasteiger partial charge on any atom is -0.391 e. The quantitative estimate of drug-likeness (QED) is 0.695. The Morgan fingerprint density at radius 3 is 2.73 bits per heavy atom. The van der Waals surface area contributed by atoms with E-state index in [1.807, 2.05) is 30.3 Å². The molecular formula is C13H18O2. The van der Waals surface area contributed by atoms with Gasteiger partial charge in [-0.05, 0) is 18.4 Å². The number of benzene rings is 1. The van der Waals surface area contributed by atoms with Crippen molar-refractivity contribution >= 4 is 0 Å². The number of allylic oxidation sites excluding steroid dienone is 1. The molecular weight excluding hydrogens is 188 g/mol. The largest absolute Gasteiger partial charge is 0.391 e. The summed E-state index contributed by atoms with van der Waals surface area (Å²) in [5.41, 5.74) is 1.13. The molecule has 0 heterocycles. The van der Waals surface area contributed by atoms with Gasteiger partial charge < -0.3 is 9.84 Å². The van der Waals surface area contributed by atoms with E-state index >= 15 is 0 Å². The molecule has 1 rings (SSSR count). The zero-order chi connectivity index (χ0) is 10.9. The maximum absolute atomic E-state index is 9.49. The van der Waals surface area contributed by atoms with Crippen molar-refractivity contribution < 1.29 is 9.84 Å². The lowest BCUT2D eigenvalue weighted by Gasteiger charge is -2.09. The fourth-order valence-corrected chi connectivity index (χ4v) is 1.28. The van der Waals surface area contributed by atoms with Gasteiger partial charge in [-0.25, -0.2) is 0 Å². The minimum absolute atomic E-state index is 0.383. The summed E-state index contributed by atoms with van der Waals surface area (Å²) in [6.07, 6.45) is 2.97. The van der Waals surface area contributed by atoms with Crippen molar-refractivity contribution in [3.8, 4) is 0 Å². The van der Waals surface area contributed by atoms with Crippen molar-refractivity contribution in [2.75, 3.05) is 6.61 Å². The Balaban J connectivity index is 2.13. The van der Waals surface area contributed by atoms with Crippen molar-refractivity contribution in [3.63, 3.8) is 0 Å². The molecule has 1 atom stereocenters. The third-order valence-corrected chi connectivity index (χ3v) is 2.13. The highest BCUT2D eigenvalue weighted by molar-refractivity contribution is 5.13. The van der Waals surface area contributed by atoms with Crippen molar-refractivity contribution in [2.45, 2.75) is 25.6 Å². The maximum atomic E-state index is 9.49. The van der Waals surface area contributed by atoms with E-state index in [1.165, 1.54) is 0 Å². The van der Waals surface area contributed by atoms with Gasteiger partial charge in [0.2, 0.25) is 0 Å². The molecule has 0 fully saturated rings. The highest BCUT2D eigenvalue weighted by Crippen LogP contribution is 2.03. The molecule has 15 heavy (non-hydrogen) atoms. The van der Waals surface area contributed by atoms with Crippen LogP contribution in [0.15, 0.2) is 43.0 Å². The van der Waals surface area contributed by atoms with Gasteiger partial charge in [0.25, 0.3) is 0 Å². The third kappa shape index (κ3) is 5.35. The molecule has 1 unspecified atom stereocenters. The SMILES string of the molecule is C=CCCC(O)COCc1ccccc1. The first kappa shape index (κ1) is 12.0. The first-order valence-electron chi connectivity index (χ1n) is 5.23. The van der Waals surface area contributed by atoms with Crippen LogP contribution in [-0.2, 0) is 11.3 Å². The Labute approximate surface area is 91.2 Å². The summed E-state index contributed by atoms with van der Waals surface area (Å²) < 4.78 is 5.39. The molecule has 1 N–H and O–H groups in total. The number of aliphatic hydroxyl groups is 1. The molecule has 0 aliphatic heterocycles. The van der Waals surface area contributed by atoms with Gasteiger partial charge in [0, 0.05) is 0 Å². The molecule has 0 saturated heterocycles. The lowest BCUT2D eigenvalue weighted by atomic mass is 10.2. The molecule has 0 aliphatic carbocycles. The van der Waals surface area contributed by atoms with E-state index in [0.29, 0.717) is 13.2 Å². The number of hydrogen-bond donors (Lipinski definition) is 1. The van der Waals surface area contributed by atoms with Crippen LogP contribution >= 0.6 is 0 Å². The molecule has 0 bridgehead atoms. The van der Waals surface area contributed by atoms with Crippen LogP contribution in [0.2, 0.25) is 0 Å². The van der Waals surface area contributed by atoms with E-state index in [2.05, 4.69) is 6.58 Å². The van der Waals surface area contributed by atoms with E-state index < -0.39 is 0 Å². The topological polar surface area (TPSA) is 29.5 Å². The maximum Gasteiger partial charge on any atom is 0.0776 e. The van der Waals surface area contributed by atoms with Crippen LogP contribution in [0.4, 0.5) is 0 Å². The number of ether oxygens (including phenoxy) is 1. The van der Waals surface area contributed by atoms with Crippen molar-refractivity contribution in [1.29, 1.82) is 0 Å². The predicted octanol–water partition coefficient (Wildman–Crippen LogP) is 2.53. The second kappa shape index (κ2) is 7.21. The standard InChI is InChI=1S/C13H18O2/c1-2-3-9-13(14)11-15-10-12-7-5-4-6-8-12/h2,4-8,13-14H,1,3,9-11H2. The summed E-state index contributed by atoms with van der Waals surface area (Å²) >= 11 is 0. The molecule has 0 amide bonds. The summed E-state index contributed by atoms with van der Waals surface area (Å²) in [4.78, 5) is 0. The Morgan fingerprint density at radius 2 is 2.07 bits per heavy atom. The van der Waals surface area contributed by atoms with Gasteiger partial charge >= 0.3 is 0 Å². The van der Waals surface area contributed by atoms with Crippen LogP contribution in [-0.4, -0.2) is 17.8 Å². The van der Waals surface area contributed by atoms with Crippen LogP contribution in [0.3, 0.4) is 0 Å². The number of rotatable bonds is 7. The van der Waals surface area contributed by atoms with Crippen molar-refractivity contribution in [3.05, 3.63) is 48.6 Å². The van der Waals surface area contributed by atoms with E-state index in [0.717, 1.165) is 18.4 Å². The minimum atomic E-state index is -0.383. The Kier molecular flexibility index (Phi) is 5.74. The predicted molar refractivity (Wildman–Crippen MR) is 61.5 cm³/mol. The zero-order valence-corrected chi connectivity index (χ0v) is 8.93. The van der Waals surface area contributed by atoms with Crippen LogP contribution in [0.1, 0.15) is 18.4 Å². The first-order chi connectivity index (χ1) is 7.33. The molecule has 0 spiro atoms. The molecule has 1 aromatic rings. The molecule has 2 nitrogen and oxygen atoms in total. The molecule has 0 saturated carbocycles. The molecule has 82 valence electrons. The second-order valence-corrected chi connectivity index (χ2v) is 3.52. The van der Waals surface area contributed by atoms with Gasteiger partial charge in [-0.3, -0.25) is 0 Å². The van der Waals surface area contributed by atoms with E-state index in [4.69, 9.17) is 4.74 Å². The Morgan fingerprint density at radius 1 is 1.33 bits per heavy atom. The van der Waals surface area contributed by atoms with Gasteiger partial charge in [0.1, 0.15) is 0 Å². The van der Waals surface area contributed by atoms with E-state index in [1.54, 1.807) is 6.08 Å². The summed E-state index contributed by atoms with van der Waals surface area (Å²) in [6.45, 7) is 4.56. The smallest absolute Gasteiger partial charge is 0.0776 e. The van der Waals surface area contributed by atoms with Crippen LogP contribution < -0.4 is 0 Å². The van der Waals surface area contributed by atoms with Crippen LogP contribution in [0.5, 0.6) is 0 Å². The highest BCUT2D eigenvalue weighted by Gasteiger charge is 2.02. The summed E-state index contributed by atoms with van der Waals surface area (Å²) in [5, 5.41) is 9.49. The Hall–Kier alpha value is -1.12. The second-order valence-electron chi connectivity index (χ2n) is 3.52. The molecule has 0 aliphatic rings. The van der Waals surface area contributed by atoms with Gasteiger partial charge in [-0.15, -0.1) is 6.58 Å². The molecule has 2 heteroatoms. The van der Waals surface area contributed by atoms with Crippen molar-refractivity contribution in [2.24, 2.45) is 0 Å². The summed E-state index contributed by atoms with van der Waals surface area (Å²) in [7, 11) is 0. The molecule has 0 aromatic heterocycles. The highest BCUT2D eigenvalue weighted by atomic mass is 16.5. The van der Waals surface area contributed by atoms with Gasteiger partial charge in [0.15, 0.2) is 0 Å². The van der Waals surface area contributed by atoms with Gasteiger partial charge in [0.05, 0.1) is 19.3 Å². The number of aliphatic hydroxyl groups excluding tert-OH is 1. The van der Waals surface area contributed by atoms with Gasteiger partial charge in [-0.1, -0.05) is 36.4 Å². The molecule has 1 aromatic carbocycles. The first-order valence-corrected chi connectivity index (χ1v) is 5.23. The monoisotopic (exact) mass is 206 g/mol. The third-order valence-electron chi connectivity index (χ3n) is 2.13. The van der Waals surface area contributed by atoms with E-state index in [9.17, 15) is 5.11 Å². The average molecular weight is 206 g/mol. The summed E-state index contributed by atoms with van der Waals surface area (Å²) in [6, 6.07) is 9.95. The number of hydrogen-bond acceptors (Lipinski definition) is 2. The zero-order valence-electron chi connectivity index (χ0n) is 8.93. The fraction of sp³-hybridized carbons (Fsp3) is 0.385. The lowest BCUT2D eigenvalue weighted by molar-refractivity contribution is 0.0251. The van der Waals surface area contributed by atoms with E-state index in [-0.39, 0.29) is 6.10 Å².